The molecule has 0 aliphatic heterocycles. The highest BCUT2D eigenvalue weighted by atomic mass is 15.1. The van der Waals surface area contributed by atoms with Crippen LogP contribution in [-0.4, -0.2) is 9.55 Å². The number of benzene rings is 2. The molecule has 0 spiro atoms. The molecule has 2 nitrogen and oxygen atoms in total. The SMILES string of the molecule is Cc1ccc(-c2nc3ccccc3n2C2C=CC=CC2)cc1. The first-order valence-electron chi connectivity index (χ1n) is 7.70. The highest BCUT2D eigenvalue weighted by Gasteiger charge is 2.18. The number of nitrogens with zero attached hydrogens (tertiary/aromatic N) is 2. The van der Waals surface area contributed by atoms with Gasteiger partial charge in [-0.15, -0.1) is 0 Å². The Morgan fingerprint density at radius 3 is 2.59 bits per heavy atom. The summed E-state index contributed by atoms with van der Waals surface area (Å²) in [5.74, 6) is 1.05. The van der Waals surface area contributed by atoms with Crippen molar-refractivity contribution in [1.82, 2.24) is 9.55 Å². The molecule has 22 heavy (non-hydrogen) atoms. The van der Waals surface area contributed by atoms with Crippen LogP contribution in [0.15, 0.2) is 72.8 Å². The maximum absolute atomic E-state index is 4.89. The van der Waals surface area contributed by atoms with Gasteiger partial charge in [-0.25, -0.2) is 4.98 Å². The Labute approximate surface area is 130 Å². The van der Waals surface area contributed by atoms with Crippen LogP contribution in [0.25, 0.3) is 22.4 Å². The first-order chi connectivity index (χ1) is 10.8. The van der Waals surface area contributed by atoms with Gasteiger partial charge in [0.15, 0.2) is 0 Å². The van der Waals surface area contributed by atoms with Crippen LogP contribution in [0.2, 0.25) is 0 Å². The summed E-state index contributed by atoms with van der Waals surface area (Å²) in [6.45, 7) is 2.11. The highest BCUT2D eigenvalue weighted by Crippen LogP contribution is 2.31. The lowest BCUT2D eigenvalue weighted by atomic mass is 10.1. The van der Waals surface area contributed by atoms with E-state index in [0.717, 1.165) is 17.8 Å². The molecule has 2 heteroatoms. The molecule has 0 saturated heterocycles. The molecule has 1 aliphatic carbocycles. The lowest BCUT2D eigenvalue weighted by Gasteiger charge is -2.19. The minimum Gasteiger partial charge on any atom is -0.317 e. The zero-order chi connectivity index (χ0) is 14.9. The van der Waals surface area contributed by atoms with Gasteiger partial charge in [-0.2, -0.15) is 0 Å². The van der Waals surface area contributed by atoms with Gasteiger partial charge in [0.1, 0.15) is 5.82 Å². The molecular weight excluding hydrogens is 268 g/mol. The summed E-state index contributed by atoms with van der Waals surface area (Å²) in [5.41, 5.74) is 4.70. The van der Waals surface area contributed by atoms with Crippen LogP contribution < -0.4 is 0 Å². The normalized spacial score (nSPS) is 17.2. The van der Waals surface area contributed by atoms with Gasteiger partial charge >= 0.3 is 0 Å². The van der Waals surface area contributed by atoms with Gasteiger partial charge in [-0.3, -0.25) is 0 Å². The van der Waals surface area contributed by atoms with Gasteiger partial charge < -0.3 is 4.57 Å². The first-order valence-corrected chi connectivity index (χ1v) is 7.70. The van der Waals surface area contributed by atoms with Gasteiger partial charge in [0.25, 0.3) is 0 Å². The quantitative estimate of drug-likeness (QED) is 0.643. The lowest BCUT2D eigenvalue weighted by molar-refractivity contribution is 0.631. The third kappa shape index (κ3) is 2.17. The molecule has 0 radical (unpaired) electrons. The van der Waals surface area contributed by atoms with Crippen LogP contribution in [0.1, 0.15) is 18.0 Å². The van der Waals surface area contributed by atoms with Gasteiger partial charge in [0.05, 0.1) is 17.1 Å². The molecule has 1 aliphatic rings. The molecule has 0 N–H and O–H groups in total. The number of aromatic nitrogens is 2. The van der Waals surface area contributed by atoms with Crippen LogP contribution in [0.4, 0.5) is 0 Å². The van der Waals surface area contributed by atoms with Crippen LogP contribution >= 0.6 is 0 Å². The summed E-state index contributed by atoms with van der Waals surface area (Å²) in [6, 6.07) is 17.3. The van der Waals surface area contributed by atoms with Crippen molar-refractivity contribution in [2.75, 3.05) is 0 Å². The van der Waals surface area contributed by atoms with E-state index in [9.17, 15) is 0 Å². The first kappa shape index (κ1) is 13.1. The molecule has 108 valence electrons. The summed E-state index contributed by atoms with van der Waals surface area (Å²) in [6.07, 6.45) is 9.73. The van der Waals surface area contributed by atoms with Crippen molar-refractivity contribution in [1.29, 1.82) is 0 Å². The summed E-state index contributed by atoms with van der Waals surface area (Å²) in [4.78, 5) is 4.89. The molecule has 0 bridgehead atoms. The topological polar surface area (TPSA) is 17.8 Å². The molecule has 0 amide bonds. The van der Waals surface area contributed by atoms with Crippen molar-refractivity contribution in [2.45, 2.75) is 19.4 Å². The molecule has 0 saturated carbocycles. The average molecular weight is 286 g/mol. The summed E-state index contributed by atoms with van der Waals surface area (Å²) in [5, 5.41) is 0. The largest absolute Gasteiger partial charge is 0.317 e. The average Bonchev–Trinajstić information content (AvgIpc) is 2.96. The van der Waals surface area contributed by atoms with Gasteiger partial charge in [-0.1, -0.05) is 66.3 Å². The van der Waals surface area contributed by atoms with Gasteiger partial charge in [-0.05, 0) is 25.5 Å². The standard InChI is InChI=1S/C20H18N2/c1-15-11-13-16(14-12-15)20-21-18-9-5-6-10-19(18)22(20)17-7-3-2-4-8-17/h2-7,9-14,17H,8H2,1H3. The molecule has 2 aromatic carbocycles. The van der Waals surface area contributed by atoms with Crippen molar-refractivity contribution < 1.29 is 0 Å². The molecule has 1 heterocycles. The van der Waals surface area contributed by atoms with E-state index < -0.39 is 0 Å². The maximum Gasteiger partial charge on any atom is 0.141 e. The summed E-state index contributed by atoms with van der Waals surface area (Å²) >= 11 is 0. The minimum atomic E-state index is 0.328. The number of allylic oxidation sites excluding steroid dienone is 4. The minimum absolute atomic E-state index is 0.328. The number of para-hydroxylation sites is 2. The van der Waals surface area contributed by atoms with Crippen molar-refractivity contribution in [3.63, 3.8) is 0 Å². The van der Waals surface area contributed by atoms with Crippen LogP contribution in [0, 0.1) is 6.92 Å². The van der Waals surface area contributed by atoms with E-state index in [-0.39, 0.29) is 0 Å². The zero-order valence-corrected chi connectivity index (χ0v) is 12.6. The second-order valence-electron chi connectivity index (χ2n) is 5.78. The predicted octanol–water partition coefficient (Wildman–Crippen LogP) is 5.07. The van der Waals surface area contributed by atoms with E-state index in [1.54, 1.807) is 0 Å². The van der Waals surface area contributed by atoms with E-state index >= 15 is 0 Å². The smallest absolute Gasteiger partial charge is 0.141 e. The molecule has 1 unspecified atom stereocenters. The Kier molecular flexibility index (Phi) is 3.15. The van der Waals surface area contributed by atoms with E-state index in [1.807, 2.05) is 0 Å². The monoisotopic (exact) mass is 286 g/mol. The van der Waals surface area contributed by atoms with E-state index in [1.165, 1.54) is 16.6 Å². The number of rotatable bonds is 2. The number of hydrogen-bond acceptors (Lipinski definition) is 1. The van der Waals surface area contributed by atoms with Crippen molar-refractivity contribution in [2.24, 2.45) is 0 Å². The fraction of sp³-hybridized carbons (Fsp3) is 0.150. The Hall–Kier alpha value is -2.61. The van der Waals surface area contributed by atoms with Crippen molar-refractivity contribution >= 4 is 11.0 Å². The van der Waals surface area contributed by atoms with E-state index in [0.29, 0.717) is 6.04 Å². The maximum atomic E-state index is 4.89. The molecule has 0 fully saturated rings. The highest BCUT2D eigenvalue weighted by molar-refractivity contribution is 5.81. The number of hydrogen-bond donors (Lipinski definition) is 0. The Morgan fingerprint density at radius 2 is 1.82 bits per heavy atom. The van der Waals surface area contributed by atoms with Crippen molar-refractivity contribution in [3.05, 3.63) is 78.4 Å². The van der Waals surface area contributed by atoms with Gasteiger partial charge in [0.2, 0.25) is 0 Å². The number of imidazole rings is 1. The molecule has 1 aromatic heterocycles. The fourth-order valence-corrected chi connectivity index (χ4v) is 3.05. The summed E-state index contributed by atoms with van der Waals surface area (Å²) < 4.78 is 2.36. The van der Waals surface area contributed by atoms with Gasteiger partial charge in [0, 0.05) is 5.56 Å². The summed E-state index contributed by atoms with van der Waals surface area (Å²) in [7, 11) is 0. The third-order valence-corrected chi connectivity index (χ3v) is 4.20. The second-order valence-corrected chi connectivity index (χ2v) is 5.78. The van der Waals surface area contributed by atoms with Crippen LogP contribution in [0.5, 0.6) is 0 Å². The van der Waals surface area contributed by atoms with E-state index in [2.05, 4.69) is 84.3 Å². The molecule has 4 rings (SSSR count). The number of aryl methyl sites for hydroxylation is 1. The lowest BCUT2D eigenvalue weighted by Crippen LogP contribution is -2.08. The predicted molar refractivity (Wildman–Crippen MR) is 91.8 cm³/mol. The van der Waals surface area contributed by atoms with Crippen LogP contribution in [-0.2, 0) is 0 Å². The van der Waals surface area contributed by atoms with Crippen LogP contribution in [0.3, 0.4) is 0 Å². The van der Waals surface area contributed by atoms with Crippen molar-refractivity contribution in [3.8, 4) is 11.4 Å². The molecule has 1 atom stereocenters. The second kappa shape index (κ2) is 5.30. The molecular formula is C20H18N2. The van der Waals surface area contributed by atoms with E-state index in [4.69, 9.17) is 4.98 Å². The Bertz CT molecular complexity index is 866. The Morgan fingerprint density at radius 1 is 1.00 bits per heavy atom. The third-order valence-electron chi connectivity index (χ3n) is 4.20. The Balaban J connectivity index is 1.95. The zero-order valence-electron chi connectivity index (χ0n) is 12.6. The number of fused-ring (bicyclic) bond motifs is 1. The molecule has 3 aromatic rings. The fourth-order valence-electron chi connectivity index (χ4n) is 3.05.